The van der Waals surface area contributed by atoms with Crippen LogP contribution in [0.5, 0.6) is 0 Å². The first-order chi connectivity index (χ1) is 7.17. The van der Waals surface area contributed by atoms with Crippen LogP contribution in [0.3, 0.4) is 0 Å². The number of hydrogen-bond acceptors (Lipinski definition) is 3. The van der Waals surface area contributed by atoms with Crippen LogP contribution in [0.1, 0.15) is 18.1 Å². The summed E-state index contributed by atoms with van der Waals surface area (Å²) in [4.78, 5) is 11.2. The van der Waals surface area contributed by atoms with Crippen molar-refractivity contribution in [3.8, 4) is 0 Å². The van der Waals surface area contributed by atoms with Gasteiger partial charge in [-0.1, -0.05) is 24.3 Å². The van der Waals surface area contributed by atoms with Crippen molar-refractivity contribution in [2.24, 2.45) is 5.73 Å². The van der Waals surface area contributed by atoms with E-state index in [2.05, 4.69) is 5.32 Å². The van der Waals surface area contributed by atoms with Crippen molar-refractivity contribution >= 4 is 5.78 Å². The van der Waals surface area contributed by atoms with E-state index in [0.717, 1.165) is 17.5 Å². The Morgan fingerprint density at radius 2 is 2.13 bits per heavy atom. The number of carbonyl (C=O) groups is 1. The predicted molar refractivity (Wildman–Crippen MR) is 61.6 cm³/mol. The zero-order chi connectivity index (χ0) is 11.3. The molecule has 82 valence electrons. The van der Waals surface area contributed by atoms with Gasteiger partial charge in [0, 0.05) is 6.54 Å². The van der Waals surface area contributed by atoms with Crippen molar-refractivity contribution in [2.45, 2.75) is 25.9 Å². The van der Waals surface area contributed by atoms with E-state index in [1.807, 2.05) is 24.3 Å². The molecule has 1 rings (SSSR count). The lowest BCUT2D eigenvalue weighted by molar-refractivity contribution is -0.118. The molecule has 0 aliphatic rings. The van der Waals surface area contributed by atoms with Crippen LogP contribution in [-0.2, 0) is 17.8 Å². The minimum Gasteiger partial charge on any atom is -0.326 e. The second kappa shape index (κ2) is 5.63. The van der Waals surface area contributed by atoms with Crippen molar-refractivity contribution in [3.63, 3.8) is 0 Å². The maximum Gasteiger partial charge on any atom is 0.147 e. The third kappa shape index (κ3) is 3.46. The quantitative estimate of drug-likeness (QED) is 0.751. The van der Waals surface area contributed by atoms with Crippen LogP contribution in [0.2, 0.25) is 0 Å². The summed E-state index contributed by atoms with van der Waals surface area (Å²) >= 11 is 0. The third-order valence-corrected chi connectivity index (χ3v) is 2.51. The molecule has 3 heteroatoms. The van der Waals surface area contributed by atoms with Gasteiger partial charge in [0.05, 0.1) is 6.04 Å². The van der Waals surface area contributed by atoms with E-state index in [4.69, 9.17) is 5.73 Å². The molecule has 15 heavy (non-hydrogen) atoms. The van der Waals surface area contributed by atoms with Gasteiger partial charge in [-0.15, -0.1) is 0 Å². The predicted octanol–water partition coefficient (Wildman–Crippen LogP) is 0.865. The zero-order valence-electron chi connectivity index (χ0n) is 9.29. The maximum atomic E-state index is 11.2. The lowest BCUT2D eigenvalue weighted by Gasteiger charge is -2.13. The molecule has 0 amide bonds. The molecule has 0 saturated carbocycles. The Balaban J connectivity index is 2.74. The van der Waals surface area contributed by atoms with Gasteiger partial charge >= 0.3 is 0 Å². The van der Waals surface area contributed by atoms with Gasteiger partial charge in [0.1, 0.15) is 5.78 Å². The monoisotopic (exact) mass is 206 g/mol. The number of nitrogens with two attached hydrogens (primary N) is 1. The van der Waals surface area contributed by atoms with E-state index >= 15 is 0 Å². The first-order valence-corrected chi connectivity index (χ1v) is 5.13. The smallest absolute Gasteiger partial charge is 0.147 e. The fraction of sp³-hybridized carbons (Fsp3) is 0.417. The number of benzene rings is 1. The average molecular weight is 206 g/mol. The molecule has 3 N–H and O–H groups in total. The van der Waals surface area contributed by atoms with E-state index in [-0.39, 0.29) is 11.8 Å². The molecule has 1 aromatic carbocycles. The maximum absolute atomic E-state index is 11.2. The number of likely N-dealkylation sites (N-methyl/N-ethyl adjacent to an activating group) is 1. The summed E-state index contributed by atoms with van der Waals surface area (Å²) in [6.07, 6.45) is 0.722. The molecule has 0 spiro atoms. The summed E-state index contributed by atoms with van der Waals surface area (Å²) in [6.45, 7) is 2.14. The molecule has 3 nitrogen and oxygen atoms in total. The number of carbonyl (C=O) groups excluding carboxylic acids is 1. The van der Waals surface area contributed by atoms with Gasteiger partial charge in [-0.3, -0.25) is 4.79 Å². The number of rotatable bonds is 5. The number of nitrogens with one attached hydrogen (secondary N) is 1. The fourth-order valence-corrected chi connectivity index (χ4v) is 1.57. The second-order valence-electron chi connectivity index (χ2n) is 3.68. The Bertz CT molecular complexity index is 336. The van der Waals surface area contributed by atoms with E-state index in [0.29, 0.717) is 6.54 Å². The van der Waals surface area contributed by atoms with Crippen LogP contribution in [0.15, 0.2) is 24.3 Å². The van der Waals surface area contributed by atoms with Crippen molar-refractivity contribution in [1.29, 1.82) is 0 Å². The van der Waals surface area contributed by atoms with E-state index < -0.39 is 0 Å². The minimum absolute atomic E-state index is 0.0991. The third-order valence-electron chi connectivity index (χ3n) is 2.51. The van der Waals surface area contributed by atoms with Gasteiger partial charge in [-0.05, 0) is 31.5 Å². The molecular formula is C12H18N2O. The van der Waals surface area contributed by atoms with E-state index in [9.17, 15) is 4.79 Å². The van der Waals surface area contributed by atoms with Crippen molar-refractivity contribution < 1.29 is 4.79 Å². The molecule has 0 aliphatic heterocycles. The summed E-state index contributed by atoms with van der Waals surface area (Å²) in [7, 11) is 1.80. The molecule has 1 unspecified atom stereocenters. The summed E-state index contributed by atoms with van der Waals surface area (Å²) < 4.78 is 0. The molecule has 0 aromatic heterocycles. The second-order valence-corrected chi connectivity index (χ2v) is 3.68. The average Bonchev–Trinajstić information content (AvgIpc) is 2.25. The number of Topliss-reactive ketones (excluding diaryl/α,β-unsaturated/α-hetero) is 1. The molecule has 1 aromatic rings. The Hall–Kier alpha value is -1.19. The van der Waals surface area contributed by atoms with Crippen molar-refractivity contribution in [1.82, 2.24) is 5.32 Å². The molecule has 0 saturated heterocycles. The summed E-state index contributed by atoms with van der Waals surface area (Å²) in [6, 6.07) is 7.94. The Morgan fingerprint density at radius 3 is 2.67 bits per heavy atom. The van der Waals surface area contributed by atoms with Crippen molar-refractivity contribution in [3.05, 3.63) is 35.4 Å². The highest BCUT2D eigenvalue weighted by Crippen LogP contribution is 2.07. The molecular weight excluding hydrogens is 188 g/mol. The minimum atomic E-state index is -0.0991. The number of ketones is 1. The van der Waals surface area contributed by atoms with Crippen LogP contribution in [0, 0.1) is 0 Å². The van der Waals surface area contributed by atoms with Crippen LogP contribution < -0.4 is 11.1 Å². The first-order valence-electron chi connectivity index (χ1n) is 5.13. The zero-order valence-corrected chi connectivity index (χ0v) is 9.29. The highest BCUT2D eigenvalue weighted by molar-refractivity contribution is 5.81. The molecule has 0 heterocycles. The molecule has 0 fully saturated rings. The van der Waals surface area contributed by atoms with Gasteiger partial charge in [-0.25, -0.2) is 0 Å². The van der Waals surface area contributed by atoms with E-state index in [1.165, 1.54) is 0 Å². The van der Waals surface area contributed by atoms with Crippen LogP contribution in [-0.4, -0.2) is 18.9 Å². The van der Waals surface area contributed by atoms with Crippen LogP contribution >= 0.6 is 0 Å². The van der Waals surface area contributed by atoms with Crippen LogP contribution in [0.25, 0.3) is 0 Å². The summed E-state index contributed by atoms with van der Waals surface area (Å²) in [5.41, 5.74) is 7.81. The normalized spacial score (nSPS) is 12.5. The molecule has 0 aliphatic carbocycles. The first kappa shape index (κ1) is 11.9. The van der Waals surface area contributed by atoms with Crippen LogP contribution in [0.4, 0.5) is 0 Å². The lowest BCUT2D eigenvalue weighted by atomic mass is 10.0. The van der Waals surface area contributed by atoms with E-state index in [1.54, 1.807) is 14.0 Å². The van der Waals surface area contributed by atoms with Gasteiger partial charge in [0.15, 0.2) is 0 Å². The largest absolute Gasteiger partial charge is 0.326 e. The van der Waals surface area contributed by atoms with Gasteiger partial charge in [0.2, 0.25) is 0 Å². The summed E-state index contributed by atoms with van der Waals surface area (Å²) in [5, 5.41) is 3.01. The van der Waals surface area contributed by atoms with Crippen molar-refractivity contribution in [2.75, 3.05) is 7.05 Å². The van der Waals surface area contributed by atoms with Gasteiger partial charge in [-0.2, -0.15) is 0 Å². The van der Waals surface area contributed by atoms with Gasteiger partial charge < -0.3 is 11.1 Å². The Labute approximate surface area is 90.7 Å². The fourth-order valence-electron chi connectivity index (χ4n) is 1.57. The Kier molecular flexibility index (Phi) is 4.46. The standard InChI is InChI=1S/C12H18N2O/c1-9(15)12(14-2)7-10-4-3-5-11(6-10)8-13/h3-6,12,14H,7-8,13H2,1-2H3. The summed E-state index contributed by atoms with van der Waals surface area (Å²) in [5.74, 6) is 0.163. The highest BCUT2D eigenvalue weighted by Gasteiger charge is 2.11. The number of hydrogen-bond donors (Lipinski definition) is 2. The molecule has 0 radical (unpaired) electrons. The Morgan fingerprint density at radius 1 is 1.47 bits per heavy atom. The lowest BCUT2D eigenvalue weighted by Crippen LogP contribution is -2.34. The van der Waals surface area contributed by atoms with Gasteiger partial charge in [0.25, 0.3) is 0 Å². The SMILES string of the molecule is CNC(Cc1cccc(CN)c1)C(C)=O. The molecule has 0 bridgehead atoms. The topological polar surface area (TPSA) is 55.1 Å². The molecule has 1 atom stereocenters. The highest BCUT2D eigenvalue weighted by atomic mass is 16.1.